The van der Waals surface area contributed by atoms with Crippen LogP contribution < -0.4 is 10.1 Å². The highest BCUT2D eigenvalue weighted by Crippen LogP contribution is 2.29. The predicted molar refractivity (Wildman–Crippen MR) is 66.1 cm³/mol. The van der Waals surface area contributed by atoms with Crippen molar-refractivity contribution in [1.29, 1.82) is 0 Å². The van der Waals surface area contributed by atoms with Crippen molar-refractivity contribution in [2.75, 3.05) is 13.7 Å². The molecule has 2 unspecified atom stereocenters. The number of hydrogen-bond donors (Lipinski definition) is 1. The standard InChI is InChI=1S/C12H17NO2.ClH/c1-9-8-15-12(2,13-9)10-5-4-6-11(7-10)14-3;/h4-7,9,13H,8H2,1-3H3;1H. The number of methoxy groups -OCH3 is 1. The Morgan fingerprint density at radius 3 is 2.81 bits per heavy atom. The van der Waals surface area contributed by atoms with E-state index < -0.39 is 0 Å². The number of benzene rings is 1. The second-order valence-corrected chi connectivity index (χ2v) is 4.12. The van der Waals surface area contributed by atoms with E-state index in [1.165, 1.54) is 0 Å². The molecule has 1 fully saturated rings. The summed E-state index contributed by atoms with van der Waals surface area (Å²) in [5.41, 5.74) is 0.722. The predicted octanol–water partition coefficient (Wildman–Crippen LogP) is 2.30. The molecule has 2 rings (SSSR count). The van der Waals surface area contributed by atoms with Crippen molar-refractivity contribution in [1.82, 2.24) is 5.32 Å². The molecule has 1 saturated heterocycles. The van der Waals surface area contributed by atoms with Gasteiger partial charge in [0, 0.05) is 11.6 Å². The molecule has 1 N–H and O–H groups in total. The maximum absolute atomic E-state index is 5.77. The third kappa shape index (κ3) is 2.48. The van der Waals surface area contributed by atoms with E-state index in [0.29, 0.717) is 6.04 Å². The van der Waals surface area contributed by atoms with Gasteiger partial charge in [-0.05, 0) is 26.0 Å². The third-order valence-electron chi connectivity index (χ3n) is 2.76. The summed E-state index contributed by atoms with van der Waals surface area (Å²) in [5.74, 6) is 0.860. The zero-order chi connectivity index (χ0) is 10.9. The first-order chi connectivity index (χ1) is 7.14. The SMILES string of the molecule is COc1cccc(C2(C)NC(C)CO2)c1.Cl. The molecule has 4 heteroatoms. The molecular weight excluding hydrogens is 226 g/mol. The van der Waals surface area contributed by atoms with E-state index in [1.54, 1.807) is 7.11 Å². The van der Waals surface area contributed by atoms with Gasteiger partial charge in [-0.1, -0.05) is 12.1 Å². The minimum absolute atomic E-state index is 0. The minimum atomic E-state index is -0.381. The third-order valence-corrected chi connectivity index (χ3v) is 2.76. The van der Waals surface area contributed by atoms with E-state index in [4.69, 9.17) is 9.47 Å². The summed E-state index contributed by atoms with van der Waals surface area (Å²) in [6.45, 7) is 4.91. The first-order valence-electron chi connectivity index (χ1n) is 5.20. The van der Waals surface area contributed by atoms with Crippen LogP contribution in [0.25, 0.3) is 0 Å². The van der Waals surface area contributed by atoms with Gasteiger partial charge in [0.05, 0.1) is 13.7 Å². The lowest BCUT2D eigenvalue weighted by atomic mass is 10.0. The van der Waals surface area contributed by atoms with Crippen LogP contribution in [0.4, 0.5) is 0 Å². The fraction of sp³-hybridized carbons (Fsp3) is 0.500. The highest BCUT2D eigenvalue weighted by molar-refractivity contribution is 5.85. The smallest absolute Gasteiger partial charge is 0.142 e. The number of rotatable bonds is 2. The number of hydrogen-bond acceptors (Lipinski definition) is 3. The minimum Gasteiger partial charge on any atom is -0.497 e. The van der Waals surface area contributed by atoms with Crippen molar-refractivity contribution in [3.63, 3.8) is 0 Å². The van der Waals surface area contributed by atoms with Crippen LogP contribution in [0.15, 0.2) is 24.3 Å². The Hall–Kier alpha value is -0.770. The van der Waals surface area contributed by atoms with E-state index >= 15 is 0 Å². The van der Waals surface area contributed by atoms with Gasteiger partial charge in [-0.2, -0.15) is 0 Å². The normalized spacial score (nSPS) is 28.6. The first kappa shape index (κ1) is 13.3. The number of halogens is 1. The maximum atomic E-state index is 5.77. The van der Waals surface area contributed by atoms with Crippen molar-refractivity contribution in [2.45, 2.75) is 25.6 Å². The van der Waals surface area contributed by atoms with Gasteiger partial charge < -0.3 is 9.47 Å². The Bertz CT molecular complexity index is 359. The molecule has 0 aromatic heterocycles. The fourth-order valence-corrected chi connectivity index (χ4v) is 1.93. The Morgan fingerprint density at radius 2 is 2.25 bits per heavy atom. The molecule has 1 aromatic carbocycles. The molecule has 1 aromatic rings. The molecule has 1 heterocycles. The van der Waals surface area contributed by atoms with Crippen molar-refractivity contribution in [3.05, 3.63) is 29.8 Å². The molecule has 2 atom stereocenters. The molecule has 0 spiro atoms. The molecule has 1 aliphatic heterocycles. The fourth-order valence-electron chi connectivity index (χ4n) is 1.93. The van der Waals surface area contributed by atoms with Crippen LogP contribution in [0.1, 0.15) is 19.4 Å². The highest BCUT2D eigenvalue weighted by Gasteiger charge is 2.35. The Labute approximate surface area is 103 Å². The summed E-state index contributed by atoms with van der Waals surface area (Å²) in [5, 5.41) is 3.42. The van der Waals surface area contributed by atoms with Gasteiger partial charge in [0.1, 0.15) is 11.5 Å². The largest absolute Gasteiger partial charge is 0.497 e. The quantitative estimate of drug-likeness (QED) is 0.865. The summed E-state index contributed by atoms with van der Waals surface area (Å²) in [4.78, 5) is 0. The van der Waals surface area contributed by atoms with E-state index in [0.717, 1.165) is 17.9 Å². The highest BCUT2D eigenvalue weighted by atomic mass is 35.5. The zero-order valence-electron chi connectivity index (χ0n) is 9.82. The van der Waals surface area contributed by atoms with Gasteiger partial charge in [0.15, 0.2) is 0 Å². The molecule has 0 aliphatic carbocycles. The van der Waals surface area contributed by atoms with Gasteiger partial charge in [-0.25, -0.2) is 0 Å². The molecule has 0 bridgehead atoms. The van der Waals surface area contributed by atoms with Crippen molar-refractivity contribution >= 4 is 12.4 Å². The Morgan fingerprint density at radius 1 is 1.50 bits per heavy atom. The topological polar surface area (TPSA) is 30.5 Å². The molecule has 0 saturated carbocycles. The van der Waals surface area contributed by atoms with Gasteiger partial charge in [-0.3, -0.25) is 5.32 Å². The van der Waals surface area contributed by atoms with Crippen LogP contribution >= 0.6 is 12.4 Å². The lowest BCUT2D eigenvalue weighted by molar-refractivity contribution is 0.00222. The van der Waals surface area contributed by atoms with E-state index in [9.17, 15) is 0 Å². The second kappa shape index (κ2) is 5.04. The molecule has 16 heavy (non-hydrogen) atoms. The van der Waals surface area contributed by atoms with Gasteiger partial charge in [-0.15, -0.1) is 12.4 Å². The zero-order valence-corrected chi connectivity index (χ0v) is 10.6. The van der Waals surface area contributed by atoms with E-state index in [2.05, 4.69) is 12.2 Å². The summed E-state index contributed by atoms with van der Waals surface area (Å²) < 4.78 is 11.0. The first-order valence-corrected chi connectivity index (χ1v) is 5.20. The van der Waals surface area contributed by atoms with Crippen LogP contribution in [-0.2, 0) is 10.5 Å². The van der Waals surface area contributed by atoms with Gasteiger partial charge in [0.2, 0.25) is 0 Å². The molecule has 3 nitrogen and oxygen atoms in total. The number of nitrogens with one attached hydrogen (secondary N) is 1. The molecule has 0 amide bonds. The second-order valence-electron chi connectivity index (χ2n) is 4.12. The summed E-state index contributed by atoms with van der Waals surface area (Å²) in [6.07, 6.45) is 0. The maximum Gasteiger partial charge on any atom is 0.142 e. The Balaban J connectivity index is 0.00000128. The Kier molecular flexibility index (Phi) is 4.19. The average molecular weight is 244 g/mol. The van der Waals surface area contributed by atoms with Crippen molar-refractivity contribution < 1.29 is 9.47 Å². The van der Waals surface area contributed by atoms with E-state index in [1.807, 2.05) is 31.2 Å². The summed E-state index contributed by atoms with van der Waals surface area (Å²) in [6, 6.07) is 8.36. The monoisotopic (exact) mass is 243 g/mol. The lowest BCUT2D eigenvalue weighted by Crippen LogP contribution is -2.37. The van der Waals surface area contributed by atoms with Gasteiger partial charge in [0.25, 0.3) is 0 Å². The van der Waals surface area contributed by atoms with Gasteiger partial charge >= 0.3 is 0 Å². The van der Waals surface area contributed by atoms with Crippen LogP contribution in [0.3, 0.4) is 0 Å². The molecule has 0 radical (unpaired) electrons. The van der Waals surface area contributed by atoms with Crippen molar-refractivity contribution in [3.8, 4) is 5.75 Å². The average Bonchev–Trinajstić information content (AvgIpc) is 2.60. The molecular formula is C12H18ClNO2. The van der Waals surface area contributed by atoms with Crippen LogP contribution in [0.5, 0.6) is 5.75 Å². The summed E-state index contributed by atoms with van der Waals surface area (Å²) in [7, 11) is 1.67. The van der Waals surface area contributed by atoms with Crippen molar-refractivity contribution in [2.24, 2.45) is 0 Å². The molecule has 90 valence electrons. The number of ether oxygens (including phenoxy) is 2. The van der Waals surface area contributed by atoms with Crippen LogP contribution in [-0.4, -0.2) is 19.8 Å². The van der Waals surface area contributed by atoms with Crippen LogP contribution in [0.2, 0.25) is 0 Å². The lowest BCUT2D eigenvalue weighted by Gasteiger charge is -2.25. The molecule has 1 aliphatic rings. The summed E-state index contributed by atoms with van der Waals surface area (Å²) >= 11 is 0. The van der Waals surface area contributed by atoms with E-state index in [-0.39, 0.29) is 18.1 Å². The van der Waals surface area contributed by atoms with Crippen LogP contribution in [0, 0.1) is 0 Å².